The lowest BCUT2D eigenvalue weighted by atomic mass is 10.1. The van der Waals surface area contributed by atoms with Crippen LogP contribution in [0.5, 0.6) is 0 Å². The molecular weight excluding hydrogens is 317 g/mol. The number of anilines is 1. The molecule has 1 aromatic carbocycles. The summed E-state index contributed by atoms with van der Waals surface area (Å²) in [6, 6.07) is 3.90. The number of nitrogens with one attached hydrogen (secondary N) is 1. The summed E-state index contributed by atoms with van der Waals surface area (Å²) in [5.74, 6) is 0. The van der Waals surface area contributed by atoms with Crippen LogP contribution in [0.15, 0.2) is 18.3 Å². The van der Waals surface area contributed by atoms with Crippen LogP contribution in [0.4, 0.5) is 5.69 Å². The molecule has 1 aromatic heterocycles. The minimum Gasteiger partial charge on any atom is -0.367 e. The molecule has 108 valence electrons. The molecule has 3 nitrogen and oxygen atoms in total. The molecule has 1 fully saturated rings. The van der Waals surface area contributed by atoms with Crippen LogP contribution in [0.3, 0.4) is 0 Å². The third kappa shape index (κ3) is 2.82. The Hall–Kier alpha value is -0.740. The first kappa shape index (κ1) is 15.6. The Labute approximate surface area is 134 Å². The molecule has 0 saturated carbocycles. The first-order valence-electron chi connectivity index (χ1n) is 6.37. The summed E-state index contributed by atoms with van der Waals surface area (Å²) >= 11 is 12.6. The number of hydrogen-bond donors (Lipinski definition) is 1. The predicted octanol–water partition coefficient (Wildman–Crippen LogP) is 3.68. The van der Waals surface area contributed by atoms with Crippen LogP contribution in [-0.2, 0) is 0 Å². The molecule has 0 amide bonds. The van der Waals surface area contributed by atoms with E-state index in [9.17, 15) is 0 Å². The van der Waals surface area contributed by atoms with Crippen LogP contribution < -0.4 is 10.2 Å². The highest BCUT2D eigenvalue weighted by molar-refractivity contribution is 6.35. The Balaban J connectivity index is 0.00000147. The van der Waals surface area contributed by atoms with E-state index in [1.54, 1.807) is 6.20 Å². The zero-order valence-corrected chi connectivity index (χ0v) is 13.4. The van der Waals surface area contributed by atoms with Gasteiger partial charge in [0.15, 0.2) is 0 Å². The van der Waals surface area contributed by atoms with Gasteiger partial charge in [-0.2, -0.15) is 0 Å². The van der Waals surface area contributed by atoms with Crippen LogP contribution >= 0.6 is 35.6 Å². The lowest BCUT2D eigenvalue weighted by Gasteiger charge is -2.31. The second-order valence-electron chi connectivity index (χ2n) is 4.81. The number of rotatable bonds is 1. The van der Waals surface area contributed by atoms with Gasteiger partial charge in [0.2, 0.25) is 0 Å². The quantitative estimate of drug-likeness (QED) is 0.863. The number of piperazine rings is 1. The Morgan fingerprint density at radius 1 is 1.20 bits per heavy atom. The standard InChI is InChI=1S/C14H15Cl2N3.ClH/c1-9-6-10(15)7-11-13(9)18-8-12(16)14(11)19-4-2-17-3-5-19;/h6-8,17H,2-5H2,1H3;1H. The Bertz CT molecular complexity index is 625. The van der Waals surface area contributed by atoms with E-state index in [4.69, 9.17) is 23.2 Å². The zero-order chi connectivity index (χ0) is 13.4. The van der Waals surface area contributed by atoms with Crippen molar-refractivity contribution in [1.29, 1.82) is 0 Å². The van der Waals surface area contributed by atoms with E-state index < -0.39 is 0 Å². The molecule has 0 spiro atoms. The van der Waals surface area contributed by atoms with Crippen molar-refractivity contribution in [2.75, 3.05) is 31.1 Å². The van der Waals surface area contributed by atoms with E-state index in [2.05, 4.69) is 15.2 Å². The monoisotopic (exact) mass is 331 g/mol. The second-order valence-corrected chi connectivity index (χ2v) is 5.65. The van der Waals surface area contributed by atoms with Gasteiger partial charge in [0.05, 0.1) is 16.2 Å². The molecule has 0 unspecified atom stereocenters. The van der Waals surface area contributed by atoms with Gasteiger partial charge in [-0.05, 0) is 24.6 Å². The van der Waals surface area contributed by atoms with E-state index >= 15 is 0 Å². The third-order valence-corrected chi connectivity index (χ3v) is 3.98. The van der Waals surface area contributed by atoms with Crippen molar-refractivity contribution >= 4 is 52.2 Å². The molecule has 0 atom stereocenters. The van der Waals surface area contributed by atoms with Gasteiger partial charge in [0.1, 0.15) is 0 Å². The fourth-order valence-corrected chi connectivity index (χ4v) is 3.15. The third-order valence-electron chi connectivity index (χ3n) is 3.49. The van der Waals surface area contributed by atoms with Crippen LogP contribution in [0.25, 0.3) is 10.9 Å². The first-order chi connectivity index (χ1) is 9.16. The molecule has 2 heterocycles. The molecule has 2 aromatic rings. The molecule has 0 aliphatic carbocycles. The normalized spacial score (nSPS) is 15.2. The molecule has 0 radical (unpaired) electrons. The van der Waals surface area contributed by atoms with Gasteiger partial charge in [-0.3, -0.25) is 4.98 Å². The number of aromatic nitrogens is 1. The van der Waals surface area contributed by atoms with Gasteiger partial charge in [-0.1, -0.05) is 23.2 Å². The fraction of sp³-hybridized carbons (Fsp3) is 0.357. The van der Waals surface area contributed by atoms with Gasteiger partial charge in [-0.25, -0.2) is 0 Å². The van der Waals surface area contributed by atoms with Gasteiger partial charge in [-0.15, -0.1) is 12.4 Å². The SMILES string of the molecule is Cc1cc(Cl)cc2c(N3CCNCC3)c(Cl)cnc12.Cl. The van der Waals surface area contributed by atoms with Crippen molar-refractivity contribution in [3.05, 3.63) is 33.9 Å². The molecule has 1 aliphatic rings. The minimum absolute atomic E-state index is 0. The summed E-state index contributed by atoms with van der Waals surface area (Å²) < 4.78 is 0. The van der Waals surface area contributed by atoms with Crippen LogP contribution in [0.1, 0.15) is 5.56 Å². The zero-order valence-electron chi connectivity index (χ0n) is 11.1. The van der Waals surface area contributed by atoms with Crippen LogP contribution in [0.2, 0.25) is 10.0 Å². The molecular formula is C14H16Cl3N3. The molecule has 3 rings (SSSR count). The van der Waals surface area contributed by atoms with Crippen molar-refractivity contribution in [3.63, 3.8) is 0 Å². The van der Waals surface area contributed by atoms with E-state index in [1.165, 1.54) is 0 Å². The summed E-state index contributed by atoms with van der Waals surface area (Å²) in [7, 11) is 0. The molecule has 1 N–H and O–H groups in total. The van der Waals surface area contributed by atoms with Gasteiger partial charge in [0.25, 0.3) is 0 Å². The number of nitrogens with zero attached hydrogens (tertiary/aromatic N) is 2. The highest BCUT2D eigenvalue weighted by Gasteiger charge is 2.18. The van der Waals surface area contributed by atoms with Crippen molar-refractivity contribution in [2.24, 2.45) is 0 Å². The fourth-order valence-electron chi connectivity index (χ4n) is 2.61. The average Bonchev–Trinajstić information content (AvgIpc) is 2.39. The summed E-state index contributed by atoms with van der Waals surface area (Å²) in [5, 5.41) is 5.81. The number of hydrogen-bond acceptors (Lipinski definition) is 3. The van der Waals surface area contributed by atoms with Crippen LogP contribution in [0, 0.1) is 6.92 Å². The van der Waals surface area contributed by atoms with Crippen molar-refractivity contribution < 1.29 is 0 Å². The lowest BCUT2D eigenvalue weighted by Crippen LogP contribution is -2.43. The van der Waals surface area contributed by atoms with Crippen molar-refractivity contribution in [2.45, 2.75) is 6.92 Å². The smallest absolute Gasteiger partial charge is 0.0829 e. The van der Waals surface area contributed by atoms with Crippen molar-refractivity contribution in [3.8, 4) is 0 Å². The summed E-state index contributed by atoms with van der Waals surface area (Å²) in [6.07, 6.45) is 1.74. The van der Waals surface area contributed by atoms with E-state index in [0.717, 1.165) is 53.4 Å². The second kappa shape index (κ2) is 6.35. The Morgan fingerprint density at radius 2 is 1.90 bits per heavy atom. The lowest BCUT2D eigenvalue weighted by molar-refractivity contribution is 0.590. The minimum atomic E-state index is 0. The van der Waals surface area contributed by atoms with E-state index in [0.29, 0.717) is 5.02 Å². The average molecular weight is 333 g/mol. The van der Waals surface area contributed by atoms with Gasteiger partial charge < -0.3 is 10.2 Å². The molecule has 6 heteroatoms. The Morgan fingerprint density at radius 3 is 2.60 bits per heavy atom. The molecule has 0 bridgehead atoms. The predicted molar refractivity (Wildman–Crippen MR) is 88.8 cm³/mol. The first-order valence-corrected chi connectivity index (χ1v) is 7.12. The number of fused-ring (bicyclic) bond motifs is 1. The van der Waals surface area contributed by atoms with Crippen LogP contribution in [-0.4, -0.2) is 31.2 Å². The number of benzene rings is 1. The Kier molecular flexibility index (Phi) is 4.97. The maximum Gasteiger partial charge on any atom is 0.0829 e. The number of aryl methyl sites for hydroxylation is 1. The number of pyridine rings is 1. The van der Waals surface area contributed by atoms with E-state index in [1.807, 2.05) is 19.1 Å². The summed E-state index contributed by atoms with van der Waals surface area (Å²) in [6.45, 7) is 5.87. The topological polar surface area (TPSA) is 28.2 Å². The maximum atomic E-state index is 6.37. The van der Waals surface area contributed by atoms with Crippen molar-refractivity contribution in [1.82, 2.24) is 10.3 Å². The highest BCUT2D eigenvalue weighted by Crippen LogP contribution is 2.35. The van der Waals surface area contributed by atoms with Gasteiger partial charge >= 0.3 is 0 Å². The largest absolute Gasteiger partial charge is 0.367 e. The van der Waals surface area contributed by atoms with Gasteiger partial charge in [0, 0.05) is 42.8 Å². The molecule has 20 heavy (non-hydrogen) atoms. The molecule has 1 aliphatic heterocycles. The maximum absolute atomic E-state index is 6.37. The summed E-state index contributed by atoms with van der Waals surface area (Å²) in [5.41, 5.74) is 3.11. The summed E-state index contributed by atoms with van der Waals surface area (Å²) in [4.78, 5) is 6.75. The highest BCUT2D eigenvalue weighted by atomic mass is 35.5. The molecule has 1 saturated heterocycles. The van der Waals surface area contributed by atoms with E-state index in [-0.39, 0.29) is 12.4 Å². The number of halogens is 3.